The van der Waals surface area contributed by atoms with Gasteiger partial charge in [0, 0.05) is 12.3 Å². The van der Waals surface area contributed by atoms with Gasteiger partial charge in [-0.1, -0.05) is 30.2 Å². The first-order valence-corrected chi connectivity index (χ1v) is 7.19. The molecule has 1 aromatic carbocycles. The van der Waals surface area contributed by atoms with E-state index in [0.29, 0.717) is 18.4 Å². The summed E-state index contributed by atoms with van der Waals surface area (Å²) in [5.41, 5.74) is 0.329. The van der Waals surface area contributed by atoms with Crippen molar-refractivity contribution in [2.24, 2.45) is 11.8 Å². The van der Waals surface area contributed by atoms with E-state index in [9.17, 15) is 22.4 Å². The van der Waals surface area contributed by atoms with Gasteiger partial charge in [0.25, 0.3) is 0 Å². The van der Waals surface area contributed by atoms with Crippen molar-refractivity contribution in [2.75, 3.05) is 0 Å². The molecule has 1 aromatic rings. The Balaban J connectivity index is 2.05. The molecule has 0 bridgehead atoms. The molecule has 2 unspecified atom stereocenters. The smallest absolute Gasteiger partial charge is 0.299 e. The van der Waals surface area contributed by atoms with Gasteiger partial charge in [-0.2, -0.15) is 13.2 Å². The van der Waals surface area contributed by atoms with Gasteiger partial charge in [-0.15, -0.1) is 0 Å². The van der Waals surface area contributed by atoms with E-state index >= 15 is 0 Å². The number of alkyl halides is 3. The maximum absolute atomic E-state index is 13.3. The fourth-order valence-electron chi connectivity index (χ4n) is 2.80. The van der Waals surface area contributed by atoms with E-state index in [1.807, 2.05) is 0 Å². The molecule has 0 N–H and O–H groups in total. The van der Waals surface area contributed by atoms with Gasteiger partial charge in [-0.05, 0) is 30.9 Å². The summed E-state index contributed by atoms with van der Waals surface area (Å²) < 4.78 is 51.5. The van der Waals surface area contributed by atoms with Crippen molar-refractivity contribution in [1.82, 2.24) is 0 Å². The van der Waals surface area contributed by atoms with Crippen molar-refractivity contribution in [2.45, 2.75) is 38.3 Å². The van der Waals surface area contributed by atoms with E-state index in [2.05, 4.69) is 0 Å². The average Bonchev–Trinajstić information content (AvgIpc) is 2.43. The number of hydrogen-bond donors (Lipinski definition) is 0. The molecule has 0 saturated heterocycles. The zero-order valence-electron chi connectivity index (χ0n) is 11.2. The lowest BCUT2D eigenvalue weighted by Crippen LogP contribution is -2.32. The Hall–Kier alpha value is -1.10. The van der Waals surface area contributed by atoms with Crippen LogP contribution in [-0.4, -0.2) is 12.0 Å². The maximum Gasteiger partial charge on any atom is 0.391 e. The highest BCUT2D eigenvalue weighted by Gasteiger charge is 2.43. The summed E-state index contributed by atoms with van der Waals surface area (Å²) in [6.07, 6.45) is -3.62. The molecule has 21 heavy (non-hydrogen) atoms. The first kappa shape index (κ1) is 16.3. The normalized spacial score (nSPS) is 23.1. The van der Waals surface area contributed by atoms with Crippen LogP contribution in [0, 0.1) is 17.7 Å². The SMILES string of the molecule is O=C(Cc1cccc(F)c1Cl)C1CCCC(C(F)(F)F)C1. The van der Waals surface area contributed by atoms with E-state index in [1.54, 1.807) is 0 Å². The number of benzene rings is 1. The molecule has 0 aromatic heterocycles. The molecule has 1 fully saturated rings. The van der Waals surface area contributed by atoms with Crippen molar-refractivity contribution >= 4 is 17.4 Å². The van der Waals surface area contributed by atoms with Gasteiger partial charge in [-0.3, -0.25) is 4.79 Å². The van der Waals surface area contributed by atoms with Crippen LogP contribution in [0.2, 0.25) is 5.02 Å². The van der Waals surface area contributed by atoms with E-state index in [-0.39, 0.29) is 30.1 Å². The third kappa shape index (κ3) is 3.96. The molecule has 1 aliphatic rings. The van der Waals surface area contributed by atoms with Crippen LogP contribution in [0.3, 0.4) is 0 Å². The van der Waals surface area contributed by atoms with Crippen molar-refractivity contribution in [3.05, 3.63) is 34.6 Å². The molecule has 2 rings (SSSR count). The van der Waals surface area contributed by atoms with Crippen molar-refractivity contribution in [3.63, 3.8) is 0 Å². The molecule has 0 aliphatic heterocycles. The predicted octanol–water partition coefficient (Wildman–Crippen LogP) is 4.96. The Bertz CT molecular complexity index is 527. The average molecular weight is 323 g/mol. The Morgan fingerprint density at radius 2 is 2.00 bits per heavy atom. The Morgan fingerprint density at radius 1 is 1.29 bits per heavy atom. The standard InChI is InChI=1S/C15H15ClF4O/c16-14-10(4-2-6-12(14)17)8-13(21)9-3-1-5-11(7-9)15(18,19)20/h2,4,6,9,11H,1,3,5,7-8H2. The van der Waals surface area contributed by atoms with Crippen LogP contribution in [-0.2, 0) is 11.2 Å². The van der Waals surface area contributed by atoms with Gasteiger partial charge in [0.05, 0.1) is 10.9 Å². The molecule has 0 spiro atoms. The van der Waals surface area contributed by atoms with Crippen LogP contribution in [0.5, 0.6) is 0 Å². The minimum atomic E-state index is -4.25. The van der Waals surface area contributed by atoms with Gasteiger partial charge in [0.2, 0.25) is 0 Å². The molecule has 0 heterocycles. The zero-order valence-corrected chi connectivity index (χ0v) is 12.0. The van der Waals surface area contributed by atoms with Crippen LogP contribution in [0.4, 0.5) is 17.6 Å². The van der Waals surface area contributed by atoms with Gasteiger partial charge in [0.1, 0.15) is 11.6 Å². The fourth-order valence-corrected chi connectivity index (χ4v) is 2.99. The quantitative estimate of drug-likeness (QED) is 0.719. The molecular weight excluding hydrogens is 308 g/mol. The first-order chi connectivity index (χ1) is 9.79. The highest BCUT2D eigenvalue weighted by atomic mass is 35.5. The van der Waals surface area contributed by atoms with E-state index < -0.39 is 23.8 Å². The van der Waals surface area contributed by atoms with Crippen LogP contribution in [0.15, 0.2) is 18.2 Å². The van der Waals surface area contributed by atoms with Crippen LogP contribution >= 0.6 is 11.6 Å². The largest absolute Gasteiger partial charge is 0.391 e. The Kier molecular flexibility index (Phi) is 4.91. The summed E-state index contributed by atoms with van der Waals surface area (Å²) in [6.45, 7) is 0. The number of Topliss-reactive ketones (excluding diaryl/α,β-unsaturated/α-hetero) is 1. The molecule has 0 amide bonds. The first-order valence-electron chi connectivity index (χ1n) is 6.81. The van der Waals surface area contributed by atoms with Crippen LogP contribution < -0.4 is 0 Å². The Morgan fingerprint density at radius 3 is 2.67 bits per heavy atom. The summed E-state index contributed by atoms with van der Waals surface area (Å²) in [6, 6.07) is 4.13. The van der Waals surface area contributed by atoms with Crippen molar-refractivity contribution in [3.8, 4) is 0 Å². The second kappa shape index (κ2) is 6.34. The van der Waals surface area contributed by atoms with Gasteiger partial charge in [-0.25, -0.2) is 4.39 Å². The lowest BCUT2D eigenvalue weighted by molar-refractivity contribution is -0.186. The Labute approximate surface area is 125 Å². The minimum Gasteiger partial charge on any atom is -0.299 e. The van der Waals surface area contributed by atoms with Gasteiger partial charge >= 0.3 is 6.18 Å². The van der Waals surface area contributed by atoms with Crippen LogP contribution in [0.1, 0.15) is 31.2 Å². The van der Waals surface area contributed by atoms with Crippen LogP contribution in [0.25, 0.3) is 0 Å². The number of halogens is 5. The van der Waals surface area contributed by atoms with E-state index in [0.717, 1.165) is 0 Å². The summed E-state index contributed by atoms with van der Waals surface area (Å²) >= 11 is 5.77. The molecule has 1 saturated carbocycles. The second-order valence-electron chi connectivity index (χ2n) is 5.46. The lowest BCUT2D eigenvalue weighted by Gasteiger charge is -2.29. The maximum atomic E-state index is 13.3. The molecule has 6 heteroatoms. The summed E-state index contributed by atoms with van der Waals surface area (Å²) in [7, 11) is 0. The number of ketones is 1. The topological polar surface area (TPSA) is 17.1 Å². The number of carbonyl (C=O) groups excluding carboxylic acids is 1. The number of rotatable bonds is 3. The lowest BCUT2D eigenvalue weighted by atomic mass is 9.78. The van der Waals surface area contributed by atoms with E-state index in [4.69, 9.17) is 11.6 Å². The number of carbonyl (C=O) groups is 1. The third-order valence-corrected chi connectivity index (χ3v) is 4.41. The minimum absolute atomic E-state index is 0.0774. The fraction of sp³-hybridized carbons (Fsp3) is 0.533. The molecule has 116 valence electrons. The highest BCUT2D eigenvalue weighted by Crippen LogP contribution is 2.40. The van der Waals surface area contributed by atoms with Gasteiger partial charge < -0.3 is 0 Å². The molecule has 2 atom stereocenters. The second-order valence-corrected chi connectivity index (χ2v) is 5.84. The molecule has 1 aliphatic carbocycles. The molecule has 0 radical (unpaired) electrons. The van der Waals surface area contributed by atoms with E-state index in [1.165, 1.54) is 18.2 Å². The molecular formula is C15H15ClF4O. The third-order valence-electron chi connectivity index (χ3n) is 3.99. The summed E-state index contributed by atoms with van der Waals surface area (Å²) in [4.78, 5) is 12.2. The number of hydrogen-bond acceptors (Lipinski definition) is 1. The zero-order chi connectivity index (χ0) is 15.6. The van der Waals surface area contributed by atoms with Gasteiger partial charge in [0.15, 0.2) is 0 Å². The highest BCUT2D eigenvalue weighted by molar-refractivity contribution is 6.31. The monoisotopic (exact) mass is 322 g/mol. The summed E-state index contributed by atoms with van der Waals surface area (Å²) in [5, 5.41) is -0.131. The predicted molar refractivity (Wildman–Crippen MR) is 71.6 cm³/mol. The summed E-state index contributed by atoms with van der Waals surface area (Å²) in [5.74, 6) is -2.96. The van der Waals surface area contributed by atoms with Crippen molar-refractivity contribution < 1.29 is 22.4 Å². The molecule has 1 nitrogen and oxygen atoms in total. The van der Waals surface area contributed by atoms with Crippen molar-refractivity contribution in [1.29, 1.82) is 0 Å².